The zero-order valence-electron chi connectivity index (χ0n) is 10.2. The number of nitrogens with one attached hydrogen (secondary N) is 1. The smallest absolute Gasteiger partial charge is 0.115 e. The quantitative estimate of drug-likeness (QED) is 0.865. The minimum Gasteiger partial charge on any atom is -0.499 e. The molecule has 2 aromatic rings. The summed E-state index contributed by atoms with van der Waals surface area (Å²) in [5.41, 5.74) is 2.18. The normalized spacial score (nSPS) is 14.7. The molecule has 0 bridgehead atoms. The molecule has 0 aromatic heterocycles. The molecule has 3 rings (SSSR count). The van der Waals surface area contributed by atoms with Gasteiger partial charge in [0.25, 0.3) is 0 Å². The number of hydrogen-bond donors (Lipinski definition) is 1. The van der Waals surface area contributed by atoms with Crippen LogP contribution >= 0.6 is 0 Å². The number of fused-ring (bicyclic) bond motifs is 1. The van der Waals surface area contributed by atoms with Crippen LogP contribution in [0.1, 0.15) is 5.56 Å². The number of rotatable bonds is 2. The maximum Gasteiger partial charge on any atom is 0.115 e. The van der Waals surface area contributed by atoms with Crippen molar-refractivity contribution < 1.29 is 4.74 Å². The Labute approximate surface area is 107 Å². The summed E-state index contributed by atoms with van der Waals surface area (Å²) in [6.07, 6.45) is 5.20. The second kappa shape index (κ2) is 4.57. The van der Waals surface area contributed by atoms with Crippen LogP contribution in [0.2, 0.25) is 0 Å². The molecule has 1 heterocycles. The molecule has 0 amide bonds. The Morgan fingerprint density at radius 2 is 1.94 bits per heavy atom. The van der Waals surface area contributed by atoms with Crippen LogP contribution in [-0.4, -0.2) is 13.7 Å². The van der Waals surface area contributed by atoms with Crippen molar-refractivity contribution in [1.82, 2.24) is 5.32 Å². The molecule has 0 fully saturated rings. The van der Waals surface area contributed by atoms with Gasteiger partial charge in [0.1, 0.15) is 5.76 Å². The van der Waals surface area contributed by atoms with E-state index in [1.165, 1.54) is 10.8 Å². The molecule has 0 spiro atoms. The van der Waals surface area contributed by atoms with Crippen LogP contribution in [0.3, 0.4) is 0 Å². The highest BCUT2D eigenvalue weighted by atomic mass is 16.5. The SMILES string of the molecule is COC1=CC(c2ccc3ccccc3c2)=[C]NC1. The highest BCUT2D eigenvalue weighted by molar-refractivity contribution is 5.87. The summed E-state index contributed by atoms with van der Waals surface area (Å²) < 4.78 is 5.27. The van der Waals surface area contributed by atoms with E-state index in [9.17, 15) is 0 Å². The highest BCUT2D eigenvalue weighted by Crippen LogP contribution is 2.23. The van der Waals surface area contributed by atoms with Crippen molar-refractivity contribution in [2.75, 3.05) is 13.7 Å². The van der Waals surface area contributed by atoms with Gasteiger partial charge >= 0.3 is 0 Å². The summed E-state index contributed by atoms with van der Waals surface area (Å²) in [4.78, 5) is 0. The van der Waals surface area contributed by atoms with Crippen LogP contribution < -0.4 is 5.32 Å². The number of methoxy groups -OCH3 is 1. The van der Waals surface area contributed by atoms with E-state index in [1.54, 1.807) is 7.11 Å². The monoisotopic (exact) mass is 236 g/mol. The maximum atomic E-state index is 5.27. The average molecular weight is 236 g/mol. The van der Waals surface area contributed by atoms with Crippen molar-refractivity contribution in [3.63, 3.8) is 0 Å². The van der Waals surface area contributed by atoms with Crippen molar-refractivity contribution in [2.45, 2.75) is 0 Å². The second-order valence-electron chi connectivity index (χ2n) is 4.27. The van der Waals surface area contributed by atoms with E-state index in [-0.39, 0.29) is 0 Å². The fourth-order valence-electron chi connectivity index (χ4n) is 2.12. The summed E-state index contributed by atoms with van der Waals surface area (Å²) in [7, 11) is 1.69. The first-order valence-corrected chi connectivity index (χ1v) is 5.96. The lowest BCUT2D eigenvalue weighted by atomic mass is 10.0. The molecular formula is C16H14NO. The van der Waals surface area contributed by atoms with E-state index in [1.807, 2.05) is 6.08 Å². The van der Waals surface area contributed by atoms with Gasteiger partial charge in [0.05, 0.1) is 19.9 Å². The number of dihydropyridines is 1. The maximum absolute atomic E-state index is 5.27. The third-order valence-corrected chi connectivity index (χ3v) is 3.11. The Hall–Kier alpha value is -2.22. The summed E-state index contributed by atoms with van der Waals surface area (Å²) >= 11 is 0. The molecule has 0 aliphatic carbocycles. The third-order valence-electron chi connectivity index (χ3n) is 3.11. The first kappa shape index (κ1) is 10.9. The fraction of sp³-hybridized carbons (Fsp3) is 0.125. The lowest BCUT2D eigenvalue weighted by molar-refractivity contribution is 0.281. The van der Waals surface area contributed by atoms with Crippen LogP contribution in [-0.2, 0) is 4.74 Å². The van der Waals surface area contributed by atoms with Crippen molar-refractivity contribution in [3.05, 3.63) is 66.1 Å². The van der Waals surface area contributed by atoms with Gasteiger partial charge in [-0.05, 0) is 28.5 Å². The van der Waals surface area contributed by atoms with E-state index < -0.39 is 0 Å². The summed E-state index contributed by atoms with van der Waals surface area (Å²) in [6.45, 7) is 0.702. The Balaban J connectivity index is 2.04. The molecule has 1 radical (unpaired) electrons. The minimum absolute atomic E-state index is 0.702. The van der Waals surface area contributed by atoms with Gasteiger partial charge < -0.3 is 10.1 Å². The molecule has 89 valence electrons. The van der Waals surface area contributed by atoms with E-state index in [4.69, 9.17) is 4.74 Å². The van der Waals surface area contributed by atoms with E-state index in [2.05, 4.69) is 54.0 Å². The molecule has 1 N–H and O–H groups in total. The van der Waals surface area contributed by atoms with Gasteiger partial charge in [-0.2, -0.15) is 0 Å². The topological polar surface area (TPSA) is 21.3 Å². The number of benzene rings is 2. The molecule has 0 unspecified atom stereocenters. The molecule has 1 aliphatic heterocycles. The zero-order chi connectivity index (χ0) is 12.4. The number of allylic oxidation sites excluding steroid dienone is 2. The molecule has 2 heteroatoms. The van der Waals surface area contributed by atoms with Crippen LogP contribution in [0.4, 0.5) is 0 Å². The summed E-state index contributed by atoms with van der Waals surface area (Å²) in [6, 6.07) is 14.8. The zero-order valence-corrected chi connectivity index (χ0v) is 10.2. The predicted octanol–water partition coefficient (Wildman–Crippen LogP) is 3.12. The lowest BCUT2D eigenvalue weighted by Gasteiger charge is -2.14. The Morgan fingerprint density at radius 1 is 1.11 bits per heavy atom. The van der Waals surface area contributed by atoms with Crippen LogP contribution in [0.5, 0.6) is 0 Å². The fourth-order valence-corrected chi connectivity index (χ4v) is 2.12. The van der Waals surface area contributed by atoms with Crippen LogP contribution in [0.25, 0.3) is 16.3 Å². The first-order valence-electron chi connectivity index (χ1n) is 5.96. The number of hydrogen-bond acceptors (Lipinski definition) is 2. The highest BCUT2D eigenvalue weighted by Gasteiger charge is 2.08. The largest absolute Gasteiger partial charge is 0.499 e. The minimum atomic E-state index is 0.702. The van der Waals surface area contributed by atoms with Crippen LogP contribution in [0.15, 0.2) is 54.3 Å². The standard InChI is InChI=1S/C16H14NO/c1-18-16-9-15(10-17-11-16)14-7-6-12-4-2-3-5-13(12)8-14/h2-9,17H,11H2,1H3. The Morgan fingerprint density at radius 3 is 2.78 bits per heavy atom. The molecule has 0 atom stereocenters. The average Bonchev–Trinajstić information content (AvgIpc) is 2.47. The van der Waals surface area contributed by atoms with Gasteiger partial charge in [-0.25, -0.2) is 0 Å². The molecule has 2 aromatic carbocycles. The summed E-state index contributed by atoms with van der Waals surface area (Å²) in [5, 5.41) is 5.59. The first-order chi connectivity index (χ1) is 8.86. The lowest BCUT2D eigenvalue weighted by Crippen LogP contribution is -2.16. The molecule has 1 aliphatic rings. The van der Waals surface area contributed by atoms with E-state index in [0.29, 0.717) is 6.54 Å². The predicted molar refractivity (Wildman–Crippen MR) is 73.7 cm³/mol. The van der Waals surface area contributed by atoms with Gasteiger partial charge in [-0.3, -0.25) is 0 Å². The van der Waals surface area contributed by atoms with Crippen molar-refractivity contribution in [2.24, 2.45) is 0 Å². The van der Waals surface area contributed by atoms with Crippen molar-refractivity contribution in [1.29, 1.82) is 0 Å². The molecule has 2 nitrogen and oxygen atoms in total. The van der Waals surface area contributed by atoms with Crippen molar-refractivity contribution >= 4 is 16.3 Å². The number of ether oxygens (including phenoxy) is 1. The Kier molecular flexibility index (Phi) is 2.77. The van der Waals surface area contributed by atoms with Gasteiger partial charge in [0.15, 0.2) is 0 Å². The Bertz CT molecular complexity index is 640. The van der Waals surface area contributed by atoms with Crippen molar-refractivity contribution in [3.8, 4) is 0 Å². The molecule has 18 heavy (non-hydrogen) atoms. The molecule has 0 saturated carbocycles. The van der Waals surface area contributed by atoms with E-state index >= 15 is 0 Å². The van der Waals surface area contributed by atoms with Gasteiger partial charge in [0.2, 0.25) is 0 Å². The van der Waals surface area contributed by atoms with Gasteiger partial charge in [-0.1, -0.05) is 36.4 Å². The van der Waals surface area contributed by atoms with E-state index in [0.717, 1.165) is 16.9 Å². The van der Waals surface area contributed by atoms with Gasteiger partial charge in [0, 0.05) is 5.57 Å². The van der Waals surface area contributed by atoms with Crippen LogP contribution in [0, 0.1) is 6.20 Å². The summed E-state index contributed by atoms with van der Waals surface area (Å²) in [5.74, 6) is 0.928. The van der Waals surface area contributed by atoms with Gasteiger partial charge in [-0.15, -0.1) is 0 Å². The third kappa shape index (κ3) is 1.97. The molecule has 0 saturated heterocycles. The molecular weight excluding hydrogens is 222 g/mol. The second-order valence-corrected chi connectivity index (χ2v) is 4.27.